The van der Waals surface area contributed by atoms with Crippen LogP contribution in [0.4, 0.5) is 0 Å². The largest absolute Gasteiger partial charge is 0.496 e. The molecule has 0 fully saturated rings. The highest BCUT2D eigenvalue weighted by molar-refractivity contribution is 7.90. The minimum absolute atomic E-state index is 0.176. The number of hydrogen-bond acceptors (Lipinski definition) is 3. The van der Waals surface area contributed by atoms with Gasteiger partial charge in [-0.15, -0.1) is 11.6 Å². The number of methoxy groups -OCH3 is 1. The van der Waals surface area contributed by atoms with E-state index in [9.17, 15) is 8.42 Å². The van der Waals surface area contributed by atoms with Gasteiger partial charge in [0.2, 0.25) is 10.0 Å². The minimum atomic E-state index is -3.38. The molecule has 0 amide bonds. The molecule has 0 saturated carbocycles. The fraction of sp³-hybridized carbons (Fsp3) is 0.500. The topological polar surface area (TPSA) is 46.6 Å². The summed E-state index contributed by atoms with van der Waals surface area (Å²) in [7, 11) is -0.240. The molecule has 1 aromatic rings. The van der Waals surface area contributed by atoms with Crippen molar-refractivity contribution in [2.45, 2.75) is 19.4 Å². The van der Waals surface area contributed by atoms with Crippen molar-refractivity contribution in [3.8, 4) is 5.75 Å². The Balaban J connectivity index is 2.85. The van der Waals surface area contributed by atoms with Crippen molar-refractivity contribution < 1.29 is 13.2 Å². The van der Waals surface area contributed by atoms with Gasteiger partial charge in [0, 0.05) is 13.1 Å². The Kier molecular flexibility index (Phi) is 5.44. The van der Waals surface area contributed by atoms with Crippen LogP contribution >= 0.6 is 11.6 Å². The summed E-state index contributed by atoms with van der Waals surface area (Å²) in [6.07, 6.45) is 0.580. The number of nitrogens with zero attached hydrogens (tertiary/aromatic N) is 1. The van der Waals surface area contributed by atoms with Crippen molar-refractivity contribution in [2.24, 2.45) is 0 Å². The smallest absolute Gasteiger partial charge is 0.228 e. The molecule has 1 rings (SSSR count). The zero-order chi connectivity index (χ0) is 13.8. The SMILES string of the molecule is COc1ccccc1CC(C)N(C)S(=O)(=O)CCl. The molecule has 6 heteroatoms. The average Bonchev–Trinajstić information content (AvgIpc) is 2.38. The molecule has 0 saturated heterocycles. The van der Waals surface area contributed by atoms with Crippen LogP contribution < -0.4 is 4.74 Å². The standard InChI is InChI=1S/C12H18ClNO3S/c1-10(14(2)18(15,16)9-13)8-11-6-4-5-7-12(11)17-3/h4-7,10H,8-9H2,1-3H3. The summed E-state index contributed by atoms with van der Waals surface area (Å²) in [5.41, 5.74) is 0.976. The molecule has 0 aromatic heterocycles. The molecular formula is C12H18ClNO3S. The number of sulfonamides is 1. The molecule has 1 unspecified atom stereocenters. The maximum Gasteiger partial charge on any atom is 0.228 e. The van der Waals surface area contributed by atoms with Crippen LogP contribution in [0.25, 0.3) is 0 Å². The summed E-state index contributed by atoms with van der Waals surface area (Å²) in [5.74, 6) is 0.765. The van der Waals surface area contributed by atoms with Gasteiger partial charge in [0.1, 0.15) is 11.0 Å². The van der Waals surface area contributed by atoms with E-state index in [4.69, 9.17) is 16.3 Å². The Labute approximate surface area is 114 Å². The van der Waals surface area contributed by atoms with E-state index in [-0.39, 0.29) is 6.04 Å². The first-order valence-corrected chi connectivity index (χ1v) is 7.70. The lowest BCUT2D eigenvalue weighted by Crippen LogP contribution is -2.37. The maximum absolute atomic E-state index is 11.6. The van der Waals surface area contributed by atoms with Gasteiger partial charge < -0.3 is 4.74 Å². The molecule has 0 aliphatic rings. The molecule has 1 atom stereocenters. The zero-order valence-electron chi connectivity index (χ0n) is 10.8. The first-order chi connectivity index (χ1) is 8.42. The van der Waals surface area contributed by atoms with Crippen LogP contribution in [0.5, 0.6) is 5.75 Å². The molecule has 0 heterocycles. The third kappa shape index (κ3) is 3.60. The van der Waals surface area contributed by atoms with Gasteiger partial charge in [0.25, 0.3) is 0 Å². The van der Waals surface area contributed by atoms with Crippen LogP contribution in [0.2, 0.25) is 0 Å². The summed E-state index contributed by atoms with van der Waals surface area (Å²) in [5, 5.41) is -0.403. The number of para-hydroxylation sites is 1. The summed E-state index contributed by atoms with van der Waals surface area (Å²) < 4.78 is 29.8. The Morgan fingerprint density at radius 2 is 2.00 bits per heavy atom. The fourth-order valence-electron chi connectivity index (χ4n) is 1.67. The van der Waals surface area contributed by atoms with E-state index in [0.717, 1.165) is 11.3 Å². The number of alkyl halides is 1. The molecule has 0 aliphatic heterocycles. The molecule has 102 valence electrons. The quantitative estimate of drug-likeness (QED) is 0.754. The Morgan fingerprint density at radius 3 is 2.56 bits per heavy atom. The number of likely N-dealkylation sites (N-methyl/N-ethyl adjacent to an activating group) is 1. The van der Waals surface area contributed by atoms with E-state index in [2.05, 4.69) is 0 Å². The first kappa shape index (κ1) is 15.3. The van der Waals surface area contributed by atoms with Gasteiger partial charge in [-0.1, -0.05) is 18.2 Å². The second kappa shape index (κ2) is 6.41. The molecule has 0 radical (unpaired) electrons. The van der Waals surface area contributed by atoms with Crippen LogP contribution in [0.3, 0.4) is 0 Å². The lowest BCUT2D eigenvalue weighted by Gasteiger charge is -2.23. The highest BCUT2D eigenvalue weighted by atomic mass is 35.5. The van der Waals surface area contributed by atoms with Gasteiger partial charge in [0.05, 0.1) is 7.11 Å². The van der Waals surface area contributed by atoms with Gasteiger partial charge in [-0.3, -0.25) is 0 Å². The van der Waals surface area contributed by atoms with Crippen LogP contribution in [0, 0.1) is 0 Å². The predicted octanol–water partition coefficient (Wildman–Crippen LogP) is 2.08. The molecule has 0 bridgehead atoms. The lowest BCUT2D eigenvalue weighted by atomic mass is 10.1. The summed E-state index contributed by atoms with van der Waals surface area (Å²) in [4.78, 5) is 0. The zero-order valence-corrected chi connectivity index (χ0v) is 12.3. The second-order valence-corrected chi connectivity index (χ2v) is 6.71. The lowest BCUT2D eigenvalue weighted by molar-refractivity contribution is 0.375. The van der Waals surface area contributed by atoms with Crippen molar-refractivity contribution in [3.63, 3.8) is 0 Å². The maximum atomic E-state index is 11.6. The van der Waals surface area contributed by atoms with E-state index in [1.807, 2.05) is 31.2 Å². The first-order valence-electron chi connectivity index (χ1n) is 5.56. The van der Waals surface area contributed by atoms with Gasteiger partial charge >= 0.3 is 0 Å². The van der Waals surface area contributed by atoms with Crippen molar-refractivity contribution in [2.75, 3.05) is 19.4 Å². The van der Waals surface area contributed by atoms with E-state index >= 15 is 0 Å². The van der Waals surface area contributed by atoms with Gasteiger partial charge in [0.15, 0.2) is 0 Å². The van der Waals surface area contributed by atoms with Gasteiger partial charge in [-0.05, 0) is 25.0 Å². The van der Waals surface area contributed by atoms with Gasteiger partial charge in [-0.2, -0.15) is 0 Å². The highest BCUT2D eigenvalue weighted by Crippen LogP contribution is 2.21. The number of rotatable bonds is 6. The predicted molar refractivity (Wildman–Crippen MR) is 73.6 cm³/mol. The second-order valence-electron chi connectivity index (χ2n) is 4.10. The number of halogens is 1. The number of hydrogen-bond donors (Lipinski definition) is 0. The summed E-state index contributed by atoms with van der Waals surface area (Å²) >= 11 is 5.44. The summed E-state index contributed by atoms with van der Waals surface area (Å²) in [6.45, 7) is 1.84. The Hall–Kier alpha value is -0.780. The van der Waals surface area contributed by atoms with Crippen molar-refractivity contribution in [1.82, 2.24) is 4.31 Å². The molecular weight excluding hydrogens is 274 g/mol. The van der Waals surface area contributed by atoms with E-state index in [0.29, 0.717) is 6.42 Å². The van der Waals surface area contributed by atoms with Crippen molar-refractivity contribution in [3.05, 3.63) is 29.8 Å². The monoisotopic (exact) mass is 291 g/mol. The van der Waals surface area contributed by atoms with Crippen LogP contribution in [0.1, 0.15) is 12.5 Å². The molecule has 18 heavy (non-hydrogen) atoms. The molecule has 0 aliphatic carbocycles. The highest BCUT2D eigenvalue weighted by Gasteiger charge is 2.22. The molecule has 0 N–H and O–H groups in total. The number of benzene rings is 1. The van der Waals surface area contributed by atoms with E-state index in [1.54, 1.807) is 7.11 Å². The molecule has 0 spiro atoms. The summed E-state index contributed by atoms with van der Waals surface area (Å²) in [6, 6.07) is 7.39. The Bertz CT molecular complexity index is 490. The van der Waals surface area contributed by atoms with Crippen LogP contribution in [-0.2, 0) is 16.4 Å². The normalized spacial score (nSPS) is 13.6. The van der Waals surface area contributed by atoms with E-state index in [1.165, 1.54) is 11.4 Å². The van der Waals surface area contributed by atoms with E-state index < -0.39 is 15.2 Å². The van der Waals surface area contributed by atoms with Crippen molar-refractivity contribution in [1.29, 1.82) is 0 Å². The Morgan fingerprint density at radius 1 is 1.39 bits per heavy atom. The van der Waals surface area contributed by atoms with Crippen LogP contribution in [0.15, 0.2) is 24.3 Å². The average molecular weight is 292 g/mol. The van der Waals surface area contributed by atoms with Crippen LogP contribution in [-0.4, -0.2) is 38.1 Å². The minimum Gasteiger partial charge on any atom is -0.496 e. The molecule has 4 nitrogen and oxygen atoms in total. The van der Waals surface area contributed by atoms with Gasteiger partial charge in [-0.25, -0.2) is 12.7 Å². The van der Waals surface area contributed by atoms with Crippen molar-refractivity contribution >= 4 is 21.6 Å². The third-order valence-corrected chi connectivity index (χ3v) is 5.25. The molecule has 1 aromatic carbocycles. The fourth-order valence-corrected chi connectivity index (χ4v) is 2.91. The third-order valence-electron chi connectivity index (χ3n) is 2.91. The number of ether oxygens (including phenoxy) is 1.